The summed E-state index contributed by atoms with van der Waals surface area (Å²) in [6.45, 7) is 4.15. The third kappa shape index (κ3) is 3.35. The average Bonchev–Trinajstić information content (AvgIpc) is 2.82. The third-order valence-electron chi connectivity index (χ3n) is 3.98. The van der Waals surface area contributed by atoms with Crippen LogP contribution in [0.25, 0.3) is 10.2 Å². The van der Waals surface area contributed by atoms with Crippen LogP contribution in [-0.2, 0) is 0 Å². The summed E-state index contributed by atoms with van der Waals surface area (Å²) in [5.41, 5.74) is 3.37. The Bertz CT molecular complexity index is 659. The van der Waals surface area contributed by atoms with Crippen molar-refractivity contribution in [1.82, 2.24) is 10.3 Å². The Morgan fingerprint density at radius 3 is 2.76 bits per heavy atom. The molecular weight excluding hydrogens is 282 g/mol. The number of aromatic nitrogens is 1. The number of nitrogens with zero attached hydrogens (tertiary/aromatic N) is 1. The molecule has 0 atom stereocenters. The fraction of sp³-hybridized carbons (Fsp3) is 0.500. The van der Waals surface area contributed by atoms with Gasteiger partial charge in [0.15, 0.2) is 5.13 Å². The van der Waals surface area contributed by atoms with Crippen molar-refractivity contribution in [2.45, 2.75) is 52.0 Å². The Morgan fingerprint density at radius 1 is 1.24 bits per heavy atom. The molecule has 2 aromatic rings. The molecule has 3 rings (SSSR count). The van der Waals surface area contributed by atoms with E-state index < -0.39 is 0 Å². The molecule has 0 aliphatic heterocycles. The molecular formula is C16H21N3OS. The van der Waals surface area contributed by atoms with Gasteiger partial charge in [0.1, 0.15) is 0 Å². The monoisotopic (exact) mass is 303 g/mol. The van der Waals surface area contributed by atoms with Gasteiger partial charge in [-0.3, -0.25) is 5.32 Å². The molecule has 0 bridgehead atoms. The van der Waals surface area contributed by atoms with Crippen LogP contribution in [-0.4, -0.2) is 17.1 Å². The minimum absolute atomic E-state index is 0.129. The van der Waals surface area contributed by atoms with Crippen molar-refractivity contribution in [3.63, 3.8) is 0 Å². The third-order valence-corrected chi connectivity index (χ3v) is 5.10. The molecule has 0 spiro atoms. The summed E-state index contributed by atoms with van der Waals surface area (Å²) >= 11 is 1.54. The minimum atomic E-state index is -0.129. The minimum Gasteiger partial charge on any atom is -0.335 e. The molecule has 1 aromatic heterocycles. The van der Waals surface area contributed by atoms with Gasteiger partial charge in [0.25, 0.3) is 0 Å². The van der Waals surface area contributed by atoms with Crippen LogP contribution in [0.3, 0.4) is 0 Å². The highest BCUT2D eigenvalue weighted by Gasteiger charge is 2.16. The number of amides is 2. The molecule has 1 heterocycles. The summed E-state index contributed by atoms with van der Waals surface area (Å²) in [5.74, 6) is 0. The summed E-state index contributed by atoms with van der Waals surface area (Å²) in [6, 6.07) is 4.39. The van der Waals surface area contributed by atoms with Crippen molar-refractivity contribution in [2.24, 2.45) is 0 Å². The van der Waals surface area contributed by atoms with Gasteiger partial charge in [-0.25, -0.2) is 9.78 Å². The first-order valence-corrected chi connectivity index (χ1v) is 8.39. The topological polar surface area (TPSA) is 54.0 Å². The lowest BCUT2D eigenvalue weighted by atomic mass is 9.96. The molecule has 0 unspecified atom stereocenters. The highest BCUT2D eigenvalue weighted by molar-refractivity contribution is 7.22. The van der Waals surface area contributed by atoms with Crippen molar-refractivity contribution in [2.75, 3.05) is 5.32 Å². The normalized spacial score (nSPS) is 16.1. The first-order valence-electron chi connectivity index (χ1n) is 7.57. The molecule has 1 aliphatic carbocycles. The highest BCUT2D eigenvalue weighted by atomic mass is 32.1. The number of benzene rings is 1. The van der Waals surface area contributed by atoms with Gasteiger partial charge in [0, 0.05) is 6.04 Å². The first kappa shape index (κ1) is 14.3. The van der Waals surface area contributed by atoms with E-state index in [1.54, 1.807) is 0 Å². The maximum Gasteiger partial charge on any atom is 0.321 e. The molecule has 2 N–H and O–H groups in total. The van der Waals surface area contributed by atoms with E-state index in [2.05, 4.69) is 41.6 Å². The molecule has 1 saturated carbocycles. The van der Waals surface area contributed by atoms with Gasteiger partial charge in [-0.15, -0.1) is 0 Å². The predicted molar refractivity (Wildman–Crippen MR) is 88.1 cm³/mol. The highest BCUT2D eigenvalue weighted by Crippen LogP contribution is 2.29. The largest absolute Gasteiger partial charge is 0.335 e. The second-order valence-corrected chi connectivity index (χ2v) is 6.88. The van der Waals surface area contributed by atoms with Crippen molar-refractivity contribution >= 4 is 32.7 Å². The number of anilines is 1. The smallest absolute Gasteiger partial charge is 0.321 e. The van der Waals surface area contributed by atoms with Crippen LogP contribution in [0.4, 0.5) is 9.93 Å². The molecule has 5 heteroatoms. The Hall–Kier alpha value is -1.62. The quantitative estimate of drug-likeness (QED) is 0.865. The molecule has 0 saturated heterocycles. The lowest BCUT2D eigenvalue weighted by Gasteiger charge is -2.22. The number of rotatable bonds is 2. The molecule has 112 valence electrons. The van der Waals surface area contributed by atoms with Crippen LogP contribution in [0, 0.1) is 13.8 Å². The zero-order valence-corrected chi connectivity index (χ0v) is 13.3. The van der Waals surface area contributed by atoms with E-state index in [4.69, 9.17) is 0 Å². The van der Waals surface area contributed by atoms with E-state index in [0.29, 0.717) is 11.2 Å². The number of carbonyl (C=O) groups excluding carboxylic acids is 1. The lowest BCUT2D eigenvalue weighted by molar-refractivity contribution is 0.244. The van der Waals surface area contributed by atoms with Gasteiger partial charge in [-0.05, 0) is 43.9 Å². The molecule has 1 aliphatic rings. The van der Waals surface area contributed by atoms with Gasteiger partial charge in [0.2, 0.25) is 0 Å². The van der Waals surface area contributed by atoms with Crippen LogP contribution < -0.4 is 10.6 Å². The van der Waals surface area contributed by atoms with E-state index in [9.17, 15) is 4.79 Å². The van der Waals surface area contributed by atoms with Crippen LogP contribution in [0.1, 0.15) is 43.2 Å². The summed E-state index contributed by atoms with van der Waals surface area (Å²) in [7, 11) is 0. The van der Waals surface area contributed by atoms with E-state index >= 15 is 0 Å². The Balaban J connectivity index is 1.69. The molecule has 1 aromatic carbocycles. The zero-order chi connectivity index (χ0) is 14.8. The number of aryl methyl sites for hydroxylation is 2. The maximum atomic E-state index is 12.1. The summed E-state index contributed by atoms with van der Waals surface area (Å²) < 4.78 is 1.15. The summed E-state index contributed by atoms with van der Waals surface area (Å²) in [6.07, 6.45) is 5.89. The van der Waals surface area contributed by atoms with E-state index in [0.717, 1.165) is 23.1 Å². The van der Waals surface area contributed by atoms with Crippen LogP contribution in [0.5, 0.6) is 0 Å². The average molecular weight is 303 g/mol. The van der Waals surface area contributed by atoms with Gasteiger partial charge in [-0.1, -0.05) is 36.7 Å². The van der Waals surface area contributed by atoms with Crippen LogP contribution >= 0.6 is 11.3 Å². The van der Waals surface area contributed by atoms with Crippen molar-refractivity contribution in [1.29, 1.82) is 0 Å². The lowest BCUT2D eigenvalue weighted by Crippen LogP contribution is -2.38. The zero-order valence-electron chi connectivity index (χ0n) is 12.5. The number of hydrogen-bond acceptors (Lipinski definition) is 3. The van der Waals surface area contributed by atoms with Gasteiger partial charge < -0.3 is 5.32 Å². The number of nitrogens with one attached hydrogen (secondary N) is 2. The molecule has 2 amide bonds. The molecule has 4 nitrogen and oxygen atoms in total. The van der Waals surface area contributed by atoms with Gasteiger partial charge in [0.05, 0.1) is 10.2 Å². The SMILES string of the molecule is Cc1cc(C)c2sc(NC(=O)NC3CCCCC3)nc2c1. The summed E-state index contributed by atoms with van der Waals surface area (Å²) in [4.78, 5) is 16.6. The molecule has 21 heavy (non-hydrogen) atoms. The fourth-order valence-corrected chi connectivity index (χ4v) is 3.91. The van der Waals surface area contributed by atoms with E-state index in [1.807, 2.05) is 0 Å². The first-order chi connectivity index (χ1) is 10.1. The maximum absolute atomic E-state index is 12.1. The number of carbonyl (C=O) groups is 1. The predicted octanol–water partition coefficient (Wildman–Crippen LogP) is 4.37. The second kappa shape index (κ2) is 6.02. The molecule has 0 radical (unpaired) electrons. The van der Waals surface area contributed by atoms with Crippen LogP contribution in [0.2, 0.25) is 0 Å². The molecule has 1 fully saturated rings. The fourth-order valence-electron chi connectivity index (χ4n) is 3.00. The van der Waals surface area contributed by atoms with Crippen LogP contribution in [0.15, 0.2) is 12.1 Å². The van der Waals surface area contributed by atoms with Gasteiger partial charge in [-0.2, -0.15) is 0 Å². The Morgan fingerprint density at radius 2 is 2.00 bits per heavy atom. The number of urea groups is 1. The van der Waals surface area contributed by atoms with Gasteiger partial charge >= 0.3 is 6.03 Å². The number of thiazole rings is 1. The van der Waals surface area contributed by atoms with Crippen molar-refractivity contribution in [3.8, 4) is 0 Å². The Kier molecular flexibility index (Phi) is 4.10. The van der Waals surface area contributed by atoms with Crippen molar-refractivity contribution in [3.05, 3.63) is 23.3 Å². The second-order valence-electron chi connectivity index (χ2n) is 5.88. The summed E-state index contributed by atoms with van der Waals surface area (Å²) in [5, 5.41) is 6.61. The number of fused-ring (bicyclic) bond motifs is 1. The van der Waals surface area contributed by atoms with E-state index in [-0.39, 0.29) is 6.03 Å². The standard InChI is InChI=1S/C16H21N3OS/c1-10-8-11(2)14-13(9-10)18-16(21-14)19-15(20)17-12-6-4-3-5-7-12/h8-9,12H,3-7H2,1-2H3,(H2,17,18,19,20). The van der Waals surface area contributed by atoms with Crippen molar-refractivity contribution < 1.29 is 4.79 Å². The van der Waals surface area contributed by atoms with E-state index in [1.165, 1.54) is 41.7 Å². The number of hydrogen-bond donors (Lipinski definition) is 2. The Labute approximate surface area is 129 Å².